The van der Waals surface area contributed by atoms with Crippen LogP contribution in [-0.4, -0.2) is 23.6 Å². The maximum Gasteiger partial charge on any atom is 0.573 e. The minimum absolute atomic E-state index is 0.00947. The molecule has 0 bridgehead atoms. The lowest BCUT2D eigenvalue weighted by atomic mass is 10.2. The lowest BCUT2D eigenvalue weighted by Crippen LogP contribution is -2.19. The first-order chi connectivity index (χ1) is 7.39. The second-order valence-electron chi connectivity index (χ2n) is 2.63. The van der Waals surface area contributed by atoms with E-state index in [0.717, 1.165) is 0 Å². The lowest BCUT2D eigenvalue weighted by molar-refractivity contribution is -0.275. The standard InChI is InChI=1S/C8H7F3INO3/c1-15-7-6(16-8(9,10)11)4(3-14)5(12)2-13-7/h2,14H,3H2,1H3. The van der Waals surface area contributed by atoms with Crippen molar-refractivity contribution >= 4 is 22.6 Å². The number of hydrogen-bond acceptors (Lipinski definition) is 4. The minimum atomic E-state index is -4.86. The van der Waals surface area contributed by atoms with E-state index in [4.69, 9.17) is 5.11 Å². The summed E-state index contributed by atoms with van der Waals surface area (Å²) in [6, 6.07) is 0. The largest absolute Gasteiger partial charge is 0.573 e. The van der Waals surface area contributed by atoms with Gasteiger partial charge in [-0.25, -0.2) is 4.98 Å². The molecular formula is C8H7F3INO3. The van der Waals surface area contributed by atoms with Gasteiger partial charge in [-0.3, -0.25) is 0 Å². The fourth-order valence-electron chi connectivity index (χ4n) is 1.00. The summed E-state index contributed by atoms with van der Waals surface area (Å²) in [6.45, 7) is -0.595. The Morgan fingerprint density at radius 1 is 1.50 bits per heavy atom. The van der Waals surface area contributed by atoms with Crippen molar-refractivity contribution in [2.45, 2.75) is 13.0 Å². The van der Waals surface area contributed by atoms with E-state index in [2.05, 4.69) is 14.5 Å². The van der Waals surface area contributed by atoms with Crippen molar-refractivity contribution in [1.29, 1.82) is 0 Å². The Morgan fingerprint density at radius 3 is 2.56 bits per heavy atom. The van der Waals surface area contributed by atoms with Gasteiger partial charge >= 0.3 is 6.36 Å². The van der Waals surface area contributed by atoms with Crippen LogP contribution in [0.1, 0.15) is 5.56 Å². The number of aromatic nitrogens is 1. The van der Waals surface area contributed by atoms with Crippen LogP contribution < -0.4 is 9.47 Å². The molecule has 1 rings (SSSR count). The van der Waals surface area contributed by atoms with Gasteiger partial charge in [0.05, 0.1) is 13.7 Å². The van der Waals surface area contributed by atoms with Crippen LogP contribution in [0.5, 0.6) is 11.6 Å². The predicted octanol–water partition coefficient (Wildman–Crippen LogP) is 2.09. The van der Waals surface area contributed by atoms with E-state index >= 15 is 0 Å². The highest BCUT2D eigenvalue weighted by molar-refractivity contribution is 14.1. The van der Waals surface area contributed by atoms with Gasteiger partial charge in [-0.15, -0.1) is 13.2 Å². The molecule has 0 saturated heterocycles. The number of pyridine rings is 1. The van der Waals surface area contributed by atoms with E-state index in [9.17, 15) is 13.2 Å². The molecule has 1 N–H and O–H groups in total. The molecule has 0 amide bonds. The van der Waals surface area contributed by atoms with Crippen molar-refractivity contribution in [3.8, 4) is 11.6 Å². The van der Waals surface area contributed by atoms with Gasteiger partial charge in [-0.1, -0.05) is 0 Å². The highest BCUT2D eigenvalue weighted by atomic mass is 127. The molecule has 0 aliphatic carbocycles. The van der Waals surface area contributed by atoms with Gasteiger partial charge in [0.1, 0.15) is 0 Å². The summed E-state index contributed by atoms with van der Waals surface area (Å²) in [5, 5.41) is 8.98. The summed E-state index contributed by atoms with van der Waals surface area (Å²) in [6.07, 6.45) is -3.57. The smallest absolute Gasteiger partial charge is 0.478 e. The van der Waals surface area contributed by atoms with Crippen LogP contribution in [0.15, 0.2) is 6.20 Å². The van der Waals surface area contributed by atoms with E-state index in [1.807, 2.05) is 0 Å². The predicted molar refractivity (Wildman–Crippen MR) is 56.1 cm³/mol. The number of halogens is 4. The molecule has 16 heavy (non-hydrogen) atoms. The Hall–Kier alpha value is -0.770. The Balaban J connectivity index is 3.25. The summed E-state index contributed by atoms with van der Waals surface area (Å²) in [7, 11) is 1.17. The Kier molecular flexibility index (Phi) is 4.19. The number of nitrogens with zero attached hydrogens (tertiary/aromatic N) is 1. The Bertz CT molecular complexity index is 384. The molecule has 1 aromatic rings. The molecule has 0 unspecified atom stereocenters. The molecule has 4 nitrogen and oxygen atoms in total. The number of alkyl halides is 3. The summed E-state index contributed by atoms with van der Waals surface area (Å²) >= 11 is 1.75. The summed E-state index contributed by atoms with van der Waals surface area (Å²) in [5.74, 6) is -0.925. The Labute approximate surface area is 103 Å². The number of ether oxygens (including phenoxy) is 2. The van der Waals surface area contributed by atoms with Gasteiger partial charge in [0.15, 0.2) is 5.75 Å². The van der Waals surface area contributed by atoms with Crippen molar-refractivity contribution in [3.63, 3.8) is 0 Å². The highest BCUT2D eigenvalue weighted by Gasteiger charge is 2.34. The highest BCUT2D eigenvalue weighted by Crippen LogP contribution is 2.35. The molecule has 0 saturated carbocycles. The van der Waals surface area contributed by atoms with E-state index in [0.29, 0.717) is 3.57 Å². The van der Waals surface area contributed by atoms with E-state index in [1.165, 1.54) is 13.3 Å². The maximum atomic E-state index is 12.1. The minimum Gasteiger partial charge on any atom is -0.478 e. The molecule has 90 valence electrons. The number of hydrogen-bond donors (Lipinski definition) is 1. The topological polar surface area (TPSA) is 51.6 Å². The molecule has 0 spiro atoms. The van der Waals surface area contributed by atoms with E-state index < -0.39 is 18.7 Å². The summed E-state index contributed by atoms with van der Waals surface area (Å²) in [5.41, 5.74) is -0.00947. The molecule has 0 aliphatic heterocycles. The SMILES string of the molecule is COc1ncc(I)c(CO)c1OC(F)(F)F. The van der Waals surface area contributed by atoms with E-state index in [1.54, 1.807) is 22.6 Å². The fraction of sp³-hybridized carbons (Fsp3) is 0.375. The average Bonchev–Trinajstić information content (AvgIpc) is 2.16. The summed E-state index contributed by atoms with van der Waals surface area (Å²) in [4.78, 5) is 3.62. The average molecular weight is 349 g/mol. The van der Waals surface area contributed by atoms with Crippen LogP contribution in [0.2, 0.25) is 0 Å². The van der Waals surface area contributed by atoms with Crippen LogP contribution in [0.3, 0.4) is 0 Å². The zero-order valence-electron chi connectivity index (χ0n) is 8.01. The molecule has 0 radical (unpaired) electrons. The van der Waals surface area contributed by atoms with Crippen LogP contribution >= 0.6 is 22.6 Å². The van der Waals surface area contributed by atoms with Gasteiger partial charge in [0.2, 0.25) is 0 Å². The van der Waals surface area contributed by atoms with Crippen molar-refractivity contribution in [2.75, 3.05) is 7.11 Å². The lowest BCUT2D eigenvalue weighted by Gasteiger charge is -2.15. The third kappa shape index (κ3) is 3.11. The molecule has 1 heterocycles. The van der Waals surface area contributed by atoms with Gasteiger partial charge in [-0.2, -0.15) is 0 Å². The first-order valence-corrected chi connectivity index (χ1v) is 5.05. The molecule has 1 aromatic heterocycles. The van der Waals surface area contributed by atoms with Crippen molar-refractivity contribution in [2.24, 2.45) is 0 Å². The third-order valence-corrected chi connectivity index (χ3v) is 2.55. The first kappa shape index (κ1) is 13.3. The van der Waals surface area contributed by atoms with Crippen LogP contribution in [0.25, 0.3) is 0 Å². The van der Waals surface area contributed by atoms with Gasteiger partial charge < -0.3 is 14.6 Å². The van der Waals surface area contributed by atoms with Crippen molar-refractivity contribution < 1.29 is 27.8 Å². The third-order valence-electron chi connectivity index (χ3n) is 1.62. The number of aliphatic hydroxyl groups is 1. The second kappa shape index (κ2) is 5.04. The van der Waals surface area contributed by atoms with Crippen LogP contribution in [-0.2, 0) is 6.61 Å². The van der Waals surface area contributed by atoms with Crippen molar-refractivity contribution in [1.82, 2.24) is 4.98 Å². The maximum absolute atomic E-state index is 12.1. The van der Waals surface area contributed by atoms with Crippen molar-refractivity contribution in [3.05, 3.63) is 15.3 Å². The van der Waals surface area contributed by atoms with Crippen LogP contribution in [0.4, 0.5) is 13.2 Å². The molecule has 0 fully saturated rings. The zero-order chi connectivity index (χ0) is 12.3. The van der Waals surface area contributed by atoms with E-state index in [-0.39, 0.29) is 11.4 Å². The van der Waals surface area contributed by atoms with Crippen LogP contribution in [0, 0.1) is 3.57 Å². The zero-order valence-corrected chi connectivity index (χ0v) is 10.2. The monoisotopic (exact) mass is 349 g/mol. The molecular weight excluding hydrogens is 342 g/mol. The first-order valence-electron chi connectivity index (χ1n) is 3.97. The fourth-order valence-corrected chi connectivity index (χ4v) is 1.56. The molecule has 8 heteroatoms. The normalized spacial score (nSPS) is 11.4. The number of rotatable bonds is 3. The number of aliphatic hydroxyl groups excluding tert-OH is 1. The summed E-state index contributed by atoms with van der Waals surface area (Å²) < 4.78 is 45.1. The van der Waals surface area contributed by atoms with Gasteiger partial charge in [-0.05, 0) is 22.6 Å². The molecule has 0 atom stereocenters. The number of methoxy groups -OCH3 is 1. The second-order valence-corrected chi connectivity index (χ2v) is 3.79. The van der Waals surface area contributed by atoms with Gasteiger partial charge in [0.25, 0.3) is 5.88 Å². The van der Waals surface area contributed by atoms with Gasteiger partial charge in [0, 0.05) is 15.3 Å². The quantitative estimate of drug-likeness (QED) is 0.850. The Morgan fingerprint density at radius 2 is 2.12 bits per heavy atom. The molecule has 0 aromatic carbocycles. The molecule has 0 aliphatic rings.